The summed E-state index contributed by atoms with van der Waals surface area (Å²) in [6.45, 7) is 3.09. The number of hydrogen-bond donors (Lipinski definition) is 1. The number of nitro groups is 1. The Morgan fingerprint density at radius 3 is 2.71 bits per heavy atom. The van der Waals surface area contributed by atoms with E-state index in [1.54, 1.807) is 12.1 Å². The van der Waals surface area contributed by atoms with Gasteiger partial charge in [0.05, 0.1) is 4.92 Å². The lowest BCUT2D eigenvalue weighted by molar-refractivity contribution is -0.384. The molecule has 1 atom stereocenters. The van der Waals surface area contributed by atoms with Gasteiger partial charge in [0, 0.05) is 24.7 Å². The van der Waals surface area contributed by atoms with Gasteiger partial charge in [-0.2, -0.15) is 0 Å². The SMILES string of the molecule is CC1CC(Cc2ccc([N+](=O)[O-])cc2)=CCN1. The zero-order valence-corrected chi connectivity index (χ0v) is 9.85. The monoisotopic (exact) mass is 232 g/mol. The second-order valence-corrected chi connectivity index (χ2v) is 4.48. The van der Waals surface area contributed by atoms with Crippen LogP contribution < -0.4 is 5.32 Å². The molecule has 0 saturated heterocycles. The highest BCUT2D eigenvalue weighted by Gasteiger charge is 2.11. The van der Waals surface area contributed by atoms with Gasteiger partial charge >= 0.3 is 0 Å². The van der Waals surface area contributed by atoms with E-state index in [1.807, 2.05) is 12.1 Å². The lowest BCUT2D eigenvalue weighted by atomic mass is 9.96. The largest absolute Gasteiger partial charge is 0.310 e. The van der Waals surface area contributed by atoms with Crippen LogP contribution in [0.4, 0.5) is 5.69 Å². The Morgan fingerprint density at radius 2 is 2.12 bits per heavy atom. The van der Waals surface area contributed by atoms with Crippen LogP contribution >= 0.6 is 0 Å². The molecule has 0 aliphatic carbocycles. The lowest BCUT2D eigenvalue weighted by Crippen LogP contribution is -2.30. The van der Waals surface area contributed by atoms with Gasteiger partial charge in [0.2, 0.25) is 0 Å². The molecule has 1 aliphatic heterocycles. The normalized spacial score (nSPS) is 19.8. The zero-order chi connectivity index (χ0) is 12.3. The minimum absolute atomic E-state index is 0.154. The van der Waals surface area contributed by atoms with Crippen LogP contribution in [0.25, 0.3) is 0 Å². The number of benzene rings is 1. The molecule has 1 aromatic carbocycles. The van der Waals surface area contributed by atoms with Crippen LogP contribution in [0.3, 0.4) is 0 Å². The first-order chi connectivity index (χ1) is 8.15. The Balaban J connectivity index is 2.04. The number of nitrogens with zero attached hydrogens (tertiary/aromatic N) is 1. The smallest absolute Gasteiger partial charge is 0.269 e. The van der Waals surface area contributed by atoms with Crippen molar-refractivity contribution in [2.24, 2.45) is 0 Å². The van der Waals surface area contributed by atoms with Gasteiger partial charge in [0.15, 0.2) is 0 Å². The molecular formula is C13H16N2O2. The minimum Gasteiger partial charge on any atom is -0.310 e. The molecule has 1 heterocycles. The molecule has 0 radical (unpaired) electrons. The minimum atomic E-state index is -0.365. The summed E-state index contributed by atoms with van der Waals surface area (Å²) in [5.41, 5.74) is 2.70. The van der Waals surface area contributed by atoms with E-state index in [-0.39, 0.29) is 10.6 Å². The lowest BCUT2D eigenvalue weighted by Gasteiger charge is -2.20. The summed E-state index contributed by atoms with van der Waals surface area (Å²) in [6.07, 6.45) is 4.16. The molecule has 2 rings (SSSR count). The maximum absolute atomic E-state index is 10.5. The van der Waals surface area contributed by atoms with Crippen molar-refractivity contribution in [1.82, 2.24) is 5.32 Å². The first-order valence-electron chi connectivity index (χ1n) is 5.80. The second kappa shape index (κ2) is 5.10. The zero-order valence-electron chi connectivity index (χ0n) is 9.85. The summed E-state index contributed by atoms with van der Waals surface area (Å²) in [5, 5.41) is 13.9. The number of non-ortho nitro benzene ring substituents is 1. The predicted octanol–water partition coefficient (Wildman–Crippen LogP) is 2.45. The molecule has 1 N–H and O–H groups in total. The van der Waals surface area contributed by atoms with E-state index in [9.17, 15) is 10.1 Å². The van der Waals surface area contributed by atoms with Crippen LogP contribution in [0.2, 0.25) is 0 Å². The van der Waals surface area contributed by atoms with Crippen LogP contribution in [0.1, 0.15) is 18.9 Å². The summed E-state index contributed by atoms with van der Waals surface area (Å²) in [6, 6.07) is 7.34. The standard InChI is InChI=1S/C13H16N2O2/c1-10-8-12(6-7-14-10)9-11-2-4-13(5-3-11)15(16)17/h2-6,10,14H,7-9H2,1H3. The van der Waals surface area contributed by atoms with Crippen molar-refractivity contribution < 1.29 is 4.92 Å². The van der Waals surface area contributed by atoms with Crippen molar-refractivity contribution in [3.05, 3.63) is 51.6 Å². The molecular weight excluding hydrogens is 216 g/mol. The second-order valence-electron chi connectivity index (χ2n) is 4.48. The summed E-state index contributed by atoms with van der Waals surface area (Å²) in [7, 11) is 0. The molecule has 0 spiro atoms. The van der Waals surface area contributed by atoms with E-state index in [2.05, 4.69) is 18.3 Å². The molecule has 1 unspecified atom stereocenters. The van der Waals surface area contributed by atoms with Gasteiger partial charge in [-0.1, -0.05) is 23.8 Å². The first kappa shape index (κ1) is 11.8. The maximum atomic E-state index is 10.5. The molecule has 17 heavy (non-hydrogen) atoms. The number of hydrogen-bond acceptors (Lipinski definition) is 3. The Labute approximate surface area is 100 Å². The van der Waals surface area contributed by atoms with Crippen LogP contribution in [-0.4, -0.2) is 17.5 Å². The summed E-state index contributed by atoms with van der Waals surface area (Å²) < 4.78 is 0. The van der Waals surface area contributed by atoms with Crippen LogP contribution in [0.15, 0.2) is 35.9 Å². The van der Waals surface area contributed by atoms with E-state index < -0.39 is 0 Å². The fourth-order valence-electron chi connectivity index (χ4n) is 2.10. The quantitative estimate of drug-likeness (QED) is 0.494. The molecule has 0 saturated carbocycles. The fourth-order valence-corrected chi connectivity index (χ4v) is 2.10. The highest BCUT2D eigenvalue weighted by molar-refractivity contribution is 5.34. The Morgan fingerprint density at radius 1 is 1.41 bits per heavy atom. The van der Waals surface area contributed by atoms with Crippen LogP contribution in [0, 0.1) is 10.1 Å². The molecule has 0 fully saturated rings. The summed E-state index contributed by atoms with van der Waals surface area (Å²) in [4.78, 5) is 10.2. The average Bonchev–Trinajstić information content (AvgIpc) is 2.29. The van der Waals surface area contributed by atoms with Gasteiger partial charge in [0.1, 0.15) is 0 Å². The number of nitro benzene ring substituents is 1. The highest BCUT2D eigenvalue weighted by atomic mass is 16.6. The van der Waals surface area contributed by atoms with Crippen molar-refractivity contribution >= 4 is 5.69 Å². The third-order valence-electron chi connectivity index (χ3n) is 3.00. The van der Waals surface area contributed by atoms with Gasteiger partial charge in [-0.25, -0.2) is 0 Å². The summed E-state index contributed by atoms with van der Waals surface area (Å²) in [5.74, 6) is 0. The Bertz CT molecular complexity index is 437. The average molecular weight is 232 g/mol. The van der Waals surface area contributed by atoms with Gasteiger partial charge < -0.3 is 5.32 Å². The third-order valence-corrected chi connectivity index (χ3v) is 3.00. The Hall–Kier alpha value is -1.68. The van der Waals surface area contributed by atoms with Crippen molar-refractivity contribution in [1.29, 1.82) is 0 Å². The third kappa shape index (κ3) is 3.14. The molecule has 90 valence electrons. The van der Waals surface area contributed by atoms with Crippen molar-refractivity contribution in [2.45, 2.75) is 25.8 Å². The number of nitrogens with one attached hydrogen (secondary N) is 1. The fraction of sp³-hybridized carbons (Fsp3) is 0.385. The topological polar surface area (TPSA) is 55.2 Å². The van der Waals surface area contributed by atoms with Crippen LogP contribution in [-0.2, 0) is 6.42 Å². The van der Waals surface area contributed by atoms with Crippen molar-refractivity contribution in [3.63, 3.8) is 0 Å². The molecule has 1 aliphatic rings. The van der Waals surface area contributed by atoms with Crippen molar-refractivity contribution in [2.75, 3.05) is 6.54 Å². The van der Waals surface area contributed by atoms with E-state index in [1.165, 1.54) is 5.57 Å². The molecule has 4 nitrogen and oxygen atoms in total. The Kier molecular flexibility index (Phi) is 3.54. The molecule has 4 heteroatoms. The number of rotatable bonds is 3. The first-order valence-corrected chi connectivity index (χ1v) is 5.80. The van der Waals surface area contributed by atoms with Crippen molar-refractivity contribution in [3.8, 4) is 0 Å². The molecule has 0 bridgehead atoms. The predicted molar refractivity (Wildman–Crippen MR) is 67.0 cm³/mol. The molecule has 1 aromatic rings. The van der Waals surface area contributed by atoms with Gasteiger partial charge in [-0.15, -0.1) is 0 Å². The van der Waals surface area contributed by atoms with E-state index in [0.29, 0.717) is 6.04 Å². The molecule has 0 aromatic heterocycles. The van der Waals surface area contributed by atoms with Gasteiger partial charge in [-0.05, 0) is 25.3 Å². The maximum Gasteiger partial charge on any atom is 0.269 e. The summed E-state index contributed by atoms with van der Waals surface area (Å²) >= 11 is 0. The van der Waals surface area contributed by atoms with Gasteiger partial charge in [-0.3, -0.25) is 10.1 Å². The highest BCUT2D eigenvalue weighted by Crippen LogP contribution is 2.18. The van der Waals surface area contributed by atoms with Crippen LogP contribution in [0.5, 0.6) is 0 Å². The van der Waals surface area contributed by atoms with E-state index in [0.717, 1.165) is 24.9 Å². The van der Waals surface area contributed by atoms with E-state index in [4.69, 9.17) is 0 Å². The van der Waals surface area contributed by atoms with E-state index >= 15 is 0 Å². The molecule has 0 amide bonds. The van der Waals surface area contributed by atoms with Gasteiger partial charge in [0.25, 0.3) is 5.69 Å².